The molecule has 1 fully saturated rings. The topological polar surface area (TPSA) is 63.7 Å². The van der Waals surface area contributed by atoms with Crippen LogP contribution in [-0.4, -0.2) is 37.7 Å². The fourth-order valence-corrected chi connectivity index (χ4v) is 2.86. The highest BCUT2D eigenvalue weighted by atomic mass is 16.5. The number of hydrogen-bond donors (Lipinski definition) is 1. The Kier molecular flexibility index (Phi) is 4.96. The predicted octanol–water partition coefficient (Wildman–Crippen LogP) is 1.99. The summed E-state index contributed by atoms with van der Waals surface area (Å²) >= 11 is 0. The maximum Gasteiger partial charge on any atom is 0.244 e. The van der Waals surface area contributed by atoms with Crippen molar-refractivity contribution in [3.8, 4) is 11.6 Å². The van der Waals surface area contributed by atoms with Crippen LogP contribution in [0.5, 0.6) is 11.6 Å². The fraction of sp³-hybridized carbons (Fsp3) is 0.333. The van der Waals surface area contributed by atoms with Gasteiger partial charge in [0, 0.05) is 19.2 Å². The Morgan fingerprint density at radius 1 is 1.17 bits per heavy atom. The molecular weight excluding hydrogens is 306 g/mol. The van der Waals surface area contributed by atoms with Gasteiger partial charge >= 0.3 is 0 Å². The Bertz CT molecular complexity index is 720. The van der Waals surface area contributed by atoms with Crippen molar-refractivity contribution in [3.05, 3.63) is 48.2 Å². The van der Waals surface area contributed by atoms with Gasteiger partial charge in [-0.25, -0.2) is 4.98 Å². The van der Waals surface area contributed by atoms with Gasteiger partial charge < -0.3 is 19.7 Å². The SMILES string of the molecule is COc1cccc(CN[C@@H]2CCN(c3ccccc3OC)C2=O)n1. The lowest BCUT2D eigenvalue weighted by Gasteiger charge is -2.19. The molecule has 0 saturated carbocycles. The average molecular weight is 327 g/mol. The summed E-state index contributed by atoms with van der Waals surface area (Å²) in [6.07, 6.45) is 0.751. The zero-order valence-corrected chi connectivity index (χ0v) is 13.9. The smallest absolute Gasteiger partial charge is 0.244 e. The monoisotopic (exact) mass is 327 g/mol. The lowest BCUT2D eigenvalue weighted by molar-refractivity contribution is -0.118. The molecule has 126 valence electrons. The first-order chi connectivity index (χ1) is 11.7. The van der Waals surface area contributed by atoms with Crippen molar-refractivity contribution in [2.24, 2.45) is 0 Å². The number of benzene rings is 1. The lowest BCUT2D eigenvalue weighted by atomic mass is 10.2. The van der Waals surface area contributed by atoms with Crippen LogP contribution in [0.1, 0.15) is 12.1 Å². The van der Waals surface area contributed by atoms with Crippen LogP contribution in [0, 0.1) is 0 Å². The third kappa shape index (κ3) is 3.33. The highest BCUT2D eigenvalue weighted by molar-refractivity contribution is 6.00. The Balaban J connectivity index is 1.66. The van der Waals surface area contributed by atoms with E-state index in [1.165, 1.54) is 0 Å². The maximum atomic E-state index is 12.7. The van der Waals surface area contributed by atoms with Gasteiger partial charge in [0.2, 0.25) is 11.8 Å². The molecule has 1 atom stereocenters. The second kappa shape index (κ2) is 7.31. The van der Waals surface area contributed by atoms with E-state index in [9.17, 15) is 4.79 Å². The van der Waals surface area contributed by atoms with Crippen LogP contribution in [-0.2, 0) is 11.3 Å². The molecule has 24 heavy (non-hydrogen) atoms. The van der Waals surface area contributed by atoms with Crippen LogP contribution < -0.4 is 19.7 Å². The molecule has 2 heterocycles. The Labute approximate surface area is 141 Å². The molecule has 1 aliphatic rings. The van der Waals surface area contributed by atoms with Crippen LogP contribution in [0.4, 0.5) is 5.69 Å². The van der Waals surface area contributed by atoms with E-state index in [0.29, 0.717) is 24.7 Å². The molecule has 6 nitrogen and oxygen atoms in total. The first-order valence-corrected chi connectivity index (χ1v) is 7.90. The highest BCUT2D eigenvalue weighted by Gasteiger charge is 2.33. The van der Waals surface area contributed by atoms with Gasteiger partial charge in [-0.05, 0) is 24.6 Å². The van der Waals surface area contributed by atoms with E-state index in [4.69, 9.17) is 9.47 Å². The van der Waals surface area contributed by atoms with E-state index in [0.717, 1.165) is 17.8 Å². The summed E-state index contributed by atoms with van der Waals surface area (Å²) in [6.45, 7) is 1.19. The van der Waals surface area contributed by atoms with Gasteiger partial charge in [0.05, 0.1) is 31.6 Å². The first-order valence-electron chi connectivity index (χ1n) is 7.90. The quantitative estimate of drug-likeness (QED) is 0.879. The number of hydrogen-bond acceptors (Lipinski definition) is 5. The molecule has 6 heteroatoms. The van der Waals surface area contributed by atoms with Crippen molar-refractivity contribution in [1.29, 1.82) is 0 Å². The number of anilines is 1. The summed E-state index contributed by atoms with van der Waals surface area (Å²) in [5, 5.41) is 3.29. The fourth-order valence-electron chi connectivity index (χ4n) is 2.86. The van der Waals surface area contributed by atoms with E-state index in [1.807, 2.05) is 36.4 Å². The largest absolute Gasteiger partial charge is 0.495 e. The molecule has 0 aliphatic carbocycles. The number of carbonyl (C=O) groups excluding carboxylic acids is 1. The van der Waals surface area contributed by atoms with Crippen molar-refractivity contribution in [3.63, 3.8) is 0 Å². The van der Waals surface area contributed by atoms with Gasteiger partial charge in [0.15, 0.2) is 0 Å². The normalized spacial score (nSPS) is 17.2. The van der Waals surface area contributed by atoms with Crippen LogP contribution in [0.25, 0.3) is 0 Å². The zero-order chi connectivity index (χ0) is 16.9. The summed E-state index contributed by atoms with van der Waals surface area (Å²) in [4.78, 5) is 18.8. The Morgan fingerprint density at radius 3 is 2.79 bits per heavy atom. The molecule has 0 radical (unpaired) electrons. The van der Waals surface area contributed by atoms with Crippen LogP contribution in [0.2, 0.25) is 0 Å². The molecule has 0 bridgehead atoms. The second-order valence-corrected chi connectivity index (χ2v) is 5.56. The van der Waals surface area contributed by atoms with Crippen molar-refractivity contribution >= 4 is 11.6 Å². The number of nitrogens with one attached hydrogen (secondary N) is 1. The number of pyridine rings is 1. The van der Waals surface area contributed by atoms with Gasteiger partial charge in [-0.15, -0.1) is 0 Å². The molecule has 1 aromatic heterocycles. The minimum Gasteiger partial charge on any atom is -0.495 e. The molecular formula is C18H21N3O3. The second-order valence-electron chi connectivity index (χ2n) is 5.56. The van der Waals surface area contributed by atoms with Crippen LogP contribution >= 0.6 is 0 Å². The molecule has 1 aromatic carbocycles. The van der Waals surface area contributed by atoms with Crippen LogP contribution in [0.3, 0.4) is 0 Å². The Hall–Kier alpha value is -2.60. The summed E-state index contributed by atoms with van der Waals surface area (Å²) < 4.78 is 10.5. The summed E-state index contributed by atoms with van der Waals surface area (Å²) in [5.41, 5.74) is 1.66. The number of ether oxygens (including phenoxy) is 2. The number of para-hydroxylation sites is 2. The molecule has 1 aliphatic heterocycles. The maximum absolute atomic E-state index is 12.7. The van der Waals surface area contributed by atoms with Gasteiger partial charge in [-0.1, -0.05) is 18.2 Å². The molecule has 0 spiro atoms. The van der Waals surface area contributed by atoms with Gasteiger partial charge in [0.1, 0.15) is 5.75 Å². The molecule has 1 amide bonds. The highest BCUT2D eigenvalue weighted by Crippen LogP contribution is 2.31. The predicted molar refractivity (Wildman–Crippen MR) is 91.4 cm³/mol. The number of rotatable bonds is 6. The minimum absolute atomic E-state index is 0.0578. The third-order valence-electron chi connectivity index (χ3n) is 4.10. The third-order valence-corrected chi connectivity index (χ3v) is 4.10. The van der Waals surface area contributed by atoms with E-state index < -0.39 is 0 Å². The lowest BCUT2D eigenvalue weighted by Crippen LogP contribution is -2.38. The number of carbonyl (C=O) groups is 1. The van der Waals surface area contributed by atoms with E-state index in [1.54, 1.807) is 25.2 Å². The van der Waals surface area contributed by atoms with Crippen molar-refractivity contribution in [2.45, 2.75) is 19.0 Å². The minimum atomic E-state index is -0.220. The molecule has 2 aromatic rings. The van der Waals surface area contributed by atoms with E-state index in [2.05, 4.69) is 10.3 Å². The van der Waals surface area contributed by atoms with Crippen molar-refractivity contribution < 1.29 is 14.3 Å². The van der Waals surface area contributed by atoms with E-state index in [-0.39, 0.29) is 11.9 Å². The molecule has 3 rings (SSSR count). The number of amides is 1. The Morgan fingerprint density at radius 2 is 2.00 bits per heavy atom. The molecule has 1 saturated heterocycles. The van der Waals surface area contributed by atoms with Gasteiger partial charge in [0.25, 0.3) is 0 Å². The van der Waals surface area contributed by atoms with Crippen molar-refractivity contribution in [1.82, 2.24) is 10.3 Å². The molecule has 1 N–H and O–H groups in total. The van der Waals surface area contributed by atoms with Gasteiger partial charge in [-0.3, -0.25) is 4.79 Å². The summed E-state index contributed by atoms with van der Waals surface area (Å²) in [7, 11) is 3.20. The number of nitrogens with zero attached hydrogens (tertiary/aromatic N) is 2. The molecule has 0 unspecified atom stereocenters. The van der Waals surface area contributed by atoms with Crippen molar-refractivity contribution in [2.75, 3.05) is 25.7 Å². The number of methoxy groups -OCH3 is 2. The number of aromatic nitrogens is 1. The average Bonchev–Trinajstić information content (AvgIpc) is 3.00. The van der Waals surface area contributed by atoms with E-state index >= 15 is 0 Å². The van der Waals surface area contributed by atoms with Crippen LogP contribution in [0.15, 0.2) is 42.5 Å². The summed E-state index contributed by atoms with van der Waals surface area (Å²) in [5.74, 6) is 1.34. The standard InChI is InChI=1S/C18H21N3O3/c1-23-16-8-4-3-7-15(16)21-11-10-14(18(21)22)19-12-13-6-5-9-17(20-13)24-2/h3-9,14,19H,10-12H2,1-2H3/t14-/m1/s1. The summed E-state index contributed by atoms with van der Waals surface area (Å²) in [6, 6.07) is 13.0. The first kappa shape index (κ1) is 16.3. The van der Waals surface area contributed by atoms with Gasteiger partial charge in [-0.2, -0.15) is 0 Å². The zero-order valence-electron chi connectivity index (χ0n) is 13.9.